The summed E-state index contributed by atoms with van der Waals surface area (Å²) in [4.78, 5) is 3.84. The quantitative estimate of drug-likeness (QED) is 0.840. The number of nitrogens with zero attached hydrogens (tertiary/aromatic N) is 2. The molecule has 18 heavy (non-hydrogen) atoms. The first-order chi connectivity index (χ1) is 8.57. The second kappa shape index (κ2) is 4.26. The lowest BCUT2D eigenvalue weighted by atomic mass is 10.1. The van der Waals surface area contributed by atoms with Gasteiger partial charge in [0.05, 0.1) is 5.69 Å². The fourth-order valence-corrected chi connectivity index (χ4v) is 3.09. The Hall–Kier alpha value is -1.04. The molecule has 1 fully saturated rings. The van der Waals surface area contributed by atoms with Gasteiger partial charge in [0.25, 0.3) is 0 Å². The van der Waals surface area contributed by atoms with Crippen LogP contribution < -0.4 is 5.32 Å². The molecule has 2 heterocycles. The van der Waals surface area contributed by atoms with Crippen molar-refractivity contribution in [1.29, 1.82) is 0 Å². The summed E-state index contributed by atoms with van der Waals surface area (Å²) in [5.41, 5.74) is 1.38. The van der Waals surface area contributed by atoms with Gasteiger partial charge >= 0.3 is 6.18 Å². The molecule has 0 bridgehead atoms. The SMILES string of the molecule is FC(F)(F)c1nc2c(n1C1CCCC1)CCNC2. The van der Waals surface area contributed by atoms with Gasteiger partial charge < -0.3 is 9.88 Å². The first-order valence-electron chi connectivity index (χ1n) is 6.45. The van der Waals surface area contributed by atoms with Crippen LogP contribution in [0.4, 0.5) is 13.2 Å². The molecule has 6 heteroatoms. The zero-order valence-electron chi connectivity index (χ0n) is 10.1. The first-order valence-corrected chi connectivity index (χ1v) is 6.45. The van der Waals surface area contributed by atoms with E-state index in [1.807, 2.05) is 0 Å². The molecule has 0 amide bonds. The van der Waals surface area contributed by atoms with Crippen LogP contribution in [-0.2, 0) is 19.1 Å². The highest BCUT2D eigenvalue weighted by Gasteiger charge is 2.41. The van der Waals surface area contributed by atoms with Crippen LogP contribution in [0.15, 0.2) is 0 Å². The summed E-state index contributed by atoms with van der Waals surface area (Å²) in [5.74, 6) is -0.692. The van der Waals surface area contributed by atoms with E-state index < -0.39 is 12.0 Å². The van der Waals surface area contributed by atoms with Crippen molar-refractivity contribution in [2.75, 3.05) is 6.54 Å². The highest BCUT2D eigenvalue weighted by molar-refractivity contribution is 5.23. The summed E-state index contributed by atoms with van der Waals surface area (Å²) in [6.07, 6.45) is 0.0355. The van der Waals surface area contributed by atoms with E-state index in [1.165, 1.54) is 4.57 Å². The van der Waals surface area contributed by atoms with E-state index in [-0.39, 0.29) is 6.04 Å². The van der Waals surface area contributed by atoms with Gasteiger partial charge in [-0.25, -0.2) is 4.98 Å². The predicted octanol–water partition coefficient (Wildman–Crippen LogP) is 2.66. The van der Waals surface area contributed by atoms with Crippen LogP contribution in [0.1, 0.15) is 48.9 Å². The number of alkyl halides is 3. The Morgan fingerprint density at radius 3 is 2.61 bits per heavy atom. The number of aromatic nitrogens is 2. The van der Waals surface area contributed by atoms with Crippen LogP contribution in [0.5, 0.6) is 0 Å². The Balaban J connectivity index is 2.09. The van der Waals surface area contributed by atoms with Crippen molar-refractivity contribution in [2.24, 2.45) is 0 Å². The fraction of sp³-hybridized carbons (Fsp3) is 0.750. The maximum absolute atomic E-state index is 13.1. The molecule has 3 nitrogen and oxygen atoms in total. The van der Waals surface area contributed by atoms with Gasteiger partial charge in [0.2, 0.25) is 5.82 Å². The van der Waals surface area contributed by atoms with E-state index >= 15 is 0 Å². The smallest absolute Gasteiger partial charge is 0.321 e. The normalized spacial score (nSPS) is 21.3. The van der Waals surface area contributed by atoms with Gasteiger partial charge in [-0.15, -0.1) is 0 Å². The average Bonchev–Trinajstić information content (AvgIpc) is 2.94. The molecule has 0 atom stereocenters. The second-order valence-electron chi connectivity index (χ2n) is 5.06. The maximum atomic E-state index is 13.1. The molecule has 0 aromatic carbocycles. The molecule has 1 aliphatic heterocycles. The fourth-order valence-electron chi connectivity index (χ4n) is 3.09. The molecule has 1 aromatic heterocycles. The van der Waals surface area contributed by atoms with Gasteiger partial charge in [-0.05, 0) is 12.8 Å². The largest absolute Gasteiger partial charge is 0.449 e. The highest BCUT2D eigenvalue weighted by atomic mass is 19.4. The molecule has 1 saturated carbocycles. The third kappa shape index (κ3) is 1.92. The molecule has 0 saturated heterocycles. The summed E-state index contributed by atoms with van der Waals surface area (Å²) in [7, 11) is 0. The number of fused-ring (bicyclic) bond motifs is 1. The number of halogens is 3. The zero-order chi connectivity index (χ0) is 12.8. The van der Waals surface area contributed by atoms with E-state index in [2.05, 4.69) is 10.3 Å². The van der Waals surface area contributed by atoms with E-state index in [0.29, 0.717) is 18.7 Å². The molecule has 1 N–H and O–H groups in total. The molecule has 3 rings (SSSR count). The van der Waals surface area contributed by atoms with E-state index in [4.69, 9.17) is 0 Å². The molecule has 2 aliphatic rings. The average molecular weight is 259 g/mol. The van der Waals surface area contributed by atoms with Gasteiger partial charge in [-0.3, -0.25) is 0 Å². The lowest BCUT2D eigenvalue weighted by Gasteiger charge is -2.21. The zero-order valence-corrected chi connectivity index (χ0v) is 10.1. The van der Waals surface area contributed by atoms with E-state index in [0.717, 1.165) is 37.9 Å². The molecule has 100 valence electrons. The Morgan fingerprint density at radius 2 is 1.94 bits per heavy atom. The van der Waals surface area contributed by atoms with Crippen molar-refractivity contribution in [3.63, 3.8) is 0 Å². The van der Waals surface area contributed by atoms with Gasteiger partial charge in [0.1, 0.15) is 0 Å². The topological polar surface area (TPSA) is 29.9 Å². The number of hydrogen-bond acceptors (Lipinski definition) is 2. The number of nitrogens with one attached hydrogen (secondary N) is 1. The summed E-state index contributed by atoms with van der Waals surface area (Å²) >= 11 is 0. The van der Waals surface area contributed by atoms with Crippen molar-refractivity contribution in [3.05, 3.63) is 17.2 Å². The predicted molar refractivity (Wildman–Crippen MR) is 60.1 cm³/mol. The number of hydrogen-bond donors (Lipinski definition) is 1. The lowest BCUT2D eigenvalue weighted by Crippen LogP contribution is -2.26. The molecule has 0 unspecified atom stereocenters. The maximum Gasteiger partial charge on any atom is 0.449 e. The Morgan fingerprint density at radius 1 is 1.22 bits per heavy atom. The van der Waals surface area contributed by atoms with Crippen molar-refractivity contribution in [2.45, 2.75) is 50.9 Å². The van der Waals surface area contributed by atoms with Crippen LogP contribution in [-0.4, -0.2) is 16.1 Å². The lowest BCUT2D eigenvalue weighted by molar-refractivity contribution is -0.148. The van der Waals surface area contributed by atoms with Crippen LogP contribution in [0, 0.1) is 0 Å². The monoisotopic (exact) mass is 259 g/mol. The number of imidazole rings is 1. The Labute approximate surface area is 103 Å². The van der Waals surface area contributed by atoms with Crippen molar-refractivity contribution < 1.29 is 13.2 Å². The van der Waals surface area contributed by atoms with Gasteiger partial charge in [0.15, 0.2) is 0 Å². The molecule has 0 radical (unpaired) electrons. The Kier molecular flexibility index (Phi) is 2.84. The number of rotatable bonds is 1. The molecule has 0 spiro atoms. The van der Waals surface area contributed by atoms with Crippen molar-refractivity contribution in [1.82, 2.24) is 14.9 Å². The van der Waals surface area contributed by atoms with Gasteiger partial charge in [-0.2, -0.15) is 13.2 Å². The summed E-state index contributed by atoms with van der Waals surface area (Å²) in [6.45, 7) is 1.20. The highest BCUT2D eigenvalue weighted by Crippen LogP contribution is 2.38. The molecule has 1 aromatic rings. The summed E-state index contributed by atoms with van der Waals surface area (Å²) in [6, 6.07) is -0.00373. The van der Waals surface area contributed by atoms with Crippen LogP contribution in [0.3, 0.4) is 0 Å². The third-order valence-corrected chi connectivity index (χ3v) is 3.87. The summed E-state index contributed by atoms with van der Waals surface area (Å²) in [5, 5.41) is 3.08. The summed E-state index contributed by atoms with van der Waals surface area (Å²) < 4.78 is 40.7. The molecular formula is C12H16F3N3. The van der Waals surface area contributed by atoms with Crippen molar-refractivity contribution in [3.8, 4) is 0 Å². The third-order valence-electron chi connectivity index (χ3n) is 3.87. The Bertz CT molecular complexity index is 444. The van der Waals surface area contributed by atoms with Crippen LogP contribution in [0.2, 0.25) is 0 Å². The minimum atomic E-state index is -4.35. The standard InChI is InChI=1S/C12H16F3N3/c13-12(14,15)11-17-9-7-16-6-5-10(9)18(11)8-3-1-2-4-8/h8,16H,1-7H2. The molecular weight excluding hydrogens is 243 g/mol. The van der Waals surface area contributed by atoms with Crippen LogP contribution >= 0.6 is 0 Å². The first kappa shape index (κ1) is 12.0. The molecule has 1 aliphatic carbocycles. The van der Waals surface area contributed by atoms with Gasteiger partial charge in [-0.1, -0.05) is 12.8 Å². The second-order valence-corrected chi connectivity index (χ2v) is 5.06. The van der Waals surface area contributed by atoms with Gasteiger partial charge in [0, 0.05) is 31.2 Å². The van der Waals surface area contributed by atoms with E-state index in [1.54, 1.807) is 0 Å². The minimum Gasteiger partial charge on any atom is -0.321 e. The van der Waals surface area contributed by atoms with Crippen LogP contribution in [0.25, 0.3) is 0 Å². The van der Waals surface area contributed by atoms with E-state index in [9.17, 15) is 13.2 Å². The minimum absolute atomic E-state index is 0.00373. The van der Waals surface area contributed by atoms with Crippen molar-refractivity contribution >= 4 is 0 Å².